The number of rotatable bonds is 2. The molecule has 0 unspecified atom stereocenters. The smallest absolute Gasteiger partial charge is 0.208 e. The highest BCUT2D eigenvalue weighted by molar-refractivity contribution is 7.91. The van der Waals surface area contributed by atoms with Crippen molar-refractivity contribution in [2.75, 3.05) is 5.32 Å². The molecule has 1 aliphatic rings. The largest absolute Gasteiger partial charge is 0.453 e. The minimum atomic E-state index is -3.64. The quantitative estimate of drug-likeness (QED) is 0.577. The lowest BCUT2D eigenvalue weighted by molar-refractivity contribution is 0.479. The number of nitrogens with one attached hydrogen (secondary N) is 1. The zero-order chi connectivity index (χ0) is 16.7. The second-order valence-electron chi connectivity index (χ2n) is 5.67. The molecule has 4 nitrogen and oxygen atoms in total. The van der Waals surface area contributed by atoms with E-state index in [1.807, 2.05) is 31.2 Å². The van der Waals surface area contributed by atoms with Crippen molar-refractivity contribution < 1.29 is 13.2 Å². The zero-order valence-corrected chi connectivity index (χ0v) is 13.8. The van der Waals surface area contributed by atoms with Crippen LogP contribution in [0.5, 0.6) is 11.5 Å². The van der Waals surface area contributed by atoms with Crippen LogP contribution in [-0.4, -0.2) is 8.42 Å². The highest BCUT2D eigenvalue weighted by Crippen LogP contribution is 2.45. The SMILES string of the molecule is Cc1ccc(S(=O)(=O)c2cccc3c2Nc2ccccc2O3)cc1. The number of ether oxygens (including phenoxy) is 1. The lowest BCUT2D eigenvalue weighted by atomic mass is 10.2. The van der Waals surface area contributed by atoms with E-state index in [0.29, 0.717) is 17.2 Å². The van der Waals surface area contributed by atoms with Gasteiger partial charge in [0.05, 0.1) is 15.5 Å². The first-order chi connectivity index (χ1) is 11.6. The van der Waals surface area contributed by atoms with E-state index in [1.165, 1.54) is 0 Å². The predicted molar refractivity (Wildman–Crippen MR) is 92.9 cm³/mol. The van der Waals surface area contributed by atoms with Gasteiger partial charge in [0.2, 0.25) is 9.84 Å². The Bertz CT molecular complexity index is 1020. The first kappa shape index (κ1) is 14.8. The zero-order valence-electron chi connectivity index (χ0n) is 13.0. The monoisotopic (exact) mass is 337 g/mol. The minimum Gasteiger partial charge on any atom is -0.453 e. The average molecular weight is 337 g/mol. The Hall–Kier alpha value is -2.79. The summed E-state index contributed by atoms with van der Waals surface area (Å²) in [5, 5.41) is 3.19. The number of aryl methyl sites for hydroxylation is 1. The summed E-state index contributed by atoms with van der Waals surface area (Å²) < 4.78 is 31.9. The first-order valence-electron chi connectivity index (χ1n) is 7.54. The molecule has 0 fully saturated rings. The van der Waals surface area contributed by atoms with Crippen LogP contribution in [0.4, 0.5) is 11.4 Å². The van der Waals surface area contributed by atoms with E-state index in [0.717, 1.165) is 11.3 Å². The molecular formula is C19H15NO3S. The van der Waals surface area contributed by atoms with Gasteiger partial charge in [-0.2, -0.15) is 0 Å². The third-order valence-electron chi connectivity index (χ3n) is 3.98. The molecule has 3 aromatic rings. The fourth-order valence-corrected chi connectivity index (χ4v) is 4.13. The molecule has 24 heavy (non-hydrogen) atoms. The van der Waals surface area contributed by atoms with E-state index < -0.39 is 9.84 Å². The van der Waals surface area contributed by atoms with Gasteiger partial charge >= 0.3 is 0 Å². The number of benzene rings is 3. The Morgan fingerprint density at radius 2 is 1.54 bits per heavy atom. The van der Waals surface area contributed by atoms with Crippen LogP contribution in [0.15, 0.2) is 76.5 Å². The molecule has 120 valence electrons. The van der Waals surface area contributed by atoms with Crippen LogP contribution >= 0.6 is 0 Å². The van der Waals surface area contributed by atoms with Crippen LogP contribution in [0.25, 0.3) is 0 Å². The fraction of sp³-hybridized carbons (Fsp3) is 0.0526. The van der Waals surface area contributed by atoms with Crippen molar-refractivity contribution in [2.24, 2.45) is 0 Å². The molecule has 4 rings (SSSR count). The molecular weight excluding hydrogens is 322 g/mol. The maximum absolute atomic E-state index is 13.0. The van der Waals surface area contributed by atoms with Gasteiger partial charge in [0, 0.05) is 0 Å². The van der Waals surface area contributed by atoms with Gasteiger partial charge in [-0.1, -0.05) is 35.9 Å². The highest BCUT2D eigenvalue weighted by Gasteiger charge is 2.27. The van der Waals surface area contributed by atoms with E-state index in [9.17, 15) is 8.42 Å². The molecule has 0 aromatic heterocycles. The van der Waals surface area contributed by atoms with Gasteiger partial charge in [0.1, 0.15) is 5.69 Å². The van der Waals surface area contributed by atoms with Crippen molar-refractivity contribution in [1.29, 1.82) is 0 Å². The van der Waals surface area contributed by atoms with Crippen molar-refractivity contribution in [3.63, 3.8) is 0 Å². The standard InChI is InChI=1S/C19H15NO3S/c1-13-9-11-14(12-10-13)24(21,22)18-8-4-7-17-19(18)20-15-5-2-3-6-16(15)23-17/h2-12,20H,1H3. The number of hydrogen-bond acceptors (Lipinski definition) is 4. The maximum atomic E-state index is 13.0. The Balaban J connectivity index is 1.85. The van der Waals surface area contributed by atoms with Gasteiger partial charge < -0.3 is 10.1 Å². The van der Waals surface area contributed by atoms with E-state index >= 15 is 0 Å². The van der Waals surface area contributed by atoms with Crippen LogP contribution in [0.1, 0.15) is 5.56 Å². The average Bonchev–Trinajstić information content (AvgIpc) is 2.59. The molecule has 0 spiro atoms. The summed E-state index contributed by atoms with van der Waals surface area (Å²) in [6.07, 6.45) is 0. The maximum Gasteiger partial charge on any atom is 0.208 e. The summed E-state index contributed by atoms with van der Waals surface area (Å²) in [5.74, 6) is 1.18. The molecule has 0 aliphatic carbocycles. The number of sulfone groups is 1. The molecule has 1 N–H and O–H groups in total. The summed E-state index contributed by atoms with van der Waals surface area (Å²) >= 11 is 0. The number of anilines is 2. The van der Waals surface area contributed by atoms with E-state index in [2.05, 4.69) is 5.32 Å². The number of para-hydroxylation sites is 3. The number of fused-ring (bicyclic) bond motifs is 2. The van der Waals surface area contributed by atoms with Crippen LogP contribution in [-0.2, 0) is 9.84 Å². The lowest BCUT2D eigenvalue weighted by Crippen LogP contribution is -2.10. The molecule has 1 aliphatic heterocycles. The van der Waals surface area contributed by atoms with E-state index in [4.69, 9.17) is 4.74 Å². The molecule has 0 atom stereocenters. The third kappa shape index (κ3) is 2.34. The van der Waals surface area contributed by atoms with Crippen molar-refractivity contribution in [3.05, 3.63) is 72.3 Å². The third-order valence-corrected chi connectivity index (χ3v) is 5.79. The molecule has 0 saturated heterocycles. The summed E-state index contributed by atoms with van der Waals surface area (Å²) in [7, 11) is -3.64. The Morgan fingerprint density at radius 3 is 2.33 bits per heavy atom. The van der Waals surface area contributed by atoms with Crippen molar-refractivity contribution >= 4 is 21.2 Å². The molecule has 0 saturated carbocycles. The van der Waals surface area contributed by atoms with E-state index in [-0.39, 0.29) is 9.79 Å². The minimum absolute atomic E-state index is 0.207. The number of hydrogen-bond donors (Lipinski definition) is 1. The van der Waals surface area contributed by atoms with Gasteiger partial charge in [-0.3, -0.25) is 0 Å². The van der Waals surface area contributed by atoms with Gasteiger partial charge in [0.25, 0.3) is 0 Å². The molecule has 5 heteroatoms. The molecule has 0 amide bonds. The van der Waals surface area contributed by atoms with Gasteiger partial charge in [-0.25, -0.2) is 8.42 Å². The predicted octanol–water partition coefficient (Wildman–Crippen LogP) is 4.68. The summed E-state index contributed by atoms with van der Waals surface area (Å²) in [4.78, 5) is 0.473. The topological polar surface area (TPSA) is 55.4 Å². The summed E-state index contributed by atoms with van der Waals surface area (Å²) in [6, 6.07) is 19.3. The second kappa shape index (κ2) is 5.39. The van der Waals surface area contributed by atoms with Gasteiger partial charge in [-0.05, 0) is 43.3 Å². The normalized spacial score (nSPS) is 12.5. The summed E-state index contributed by atoms with van der Waals surface area (Å²) in [5.41, 5.74) is 2.23. The molecule has 1 heterocycles. The van der Waals surface area contributed by atoms with Gasteiger partial charge in [-0.15, -0.1) is 0 Å². The molecule has 0 bridgehead atoms. The van der Waals surface area contributed by atoms with E-state index in [1.54, 1.807) is 42.5 Å². The van der Waals surface area contributed by atoms with Crippen molar-refractivity contribution in [3.8, 4) is 11.5 Å². The lowest BCUT2D eigenvalue weighted by Gasteiger charge is -2.23. The first-order valence-corrected chi connectivity index (χ1v) is 9.03. The van der Waals surface area contributed by atoms with Crippen LogP contribution < -0.4 is 10.1 Å². The van der Waals surface area contributed by atoms with Gasteiger partial charge in [0.15, 0.2) is 11.5 Å². The van der Waals surface area contributed by atoms with Crippen molar-refractivity contribution in [2.45, 2.75) is 16.7 Å². The highest BCUT2D eigenvalue weighted by atomic mass is 32.2. The van der Waals surface area contributed by atoms with Crippen LogP contribution in [0, 0.1) is 6.92 Å². The van der Waals surface area contributed by atoms with Crippen LogP contribution in [0.2, 0.25) is 0 Å². The summed E-state index contributed by atoms with van der Waals surface area (Å²) in [6.45, 7) is 1.92. The van der Waals surface area contributed by atoms with Crippen LogP contribution in [0.3, 0.4) is 0 Å². The molecule has 0 radical (unpaired) electrons. The Morgan fingerprint density at radius 1 is 0.833 bits per heavy atom. The second-order valence-corrected chi connectivity index (χ2v) is 7.59. The fourth-order valence-electron chi connectivity index (χ4n) is 2.70. The molecule has 3 aromatic carbocycles. The van der Waals surface area contributed by atoms with Crippen molar-refractivity contribution in [1.82, 2.24) is 0 Å². The Kier molecular flexibility index (Phi) is 3.32. The Labute approximate surface area is 140 Å².